The van der Waals surface area contributed by atoms with E-state index < -0.39 is 0 Å². The van der Waals surface area contributed by atoms with Gasteiger partial charge < -0.3 is 0 Å². The molecule has 0 bridgehead atoms. The van der Waals surface area contributed by atoms with Gasteiger partial charge in [0.2, 0.25) is 0 Å². The fourth-order valence-electron chi connectivity index (χ4n) is 6.23. The van der Waals surface area contributed by atoms with Crippen molar-refractivity contribution in [2.45, 2.75) is 6.92 Å². The first-order valence-electron chi connectivity index (χ1n) is 13.7. The third-order valence-electron chi connectivity index (χ3n) is 8.15. The van der Waals surface area contributed by atoms with Gasteiger partial charge in [0.25, 0.3) is 0 Å². The molecule has 188 valence electrons. The molecule has 0 aliphatic rings. The van der Waals surface area contributed by atoms with Gasteiger partial charge in [0, 0.05) is 17.0 Å². The van der Waals surface area contributed by atoms with Gasteiger partial charge in [-0.25, -0.2) is 4.98 Å². The van der Waals surface area contributed by atoms with Crippen LogP contribution in [0.4, 0.5) is 0 Å². The highest BCUT2D eigenvalue weighted by Gasteiger charge is 2.14. The summed E-state index contributed by atoms with van der Waals surface area (Å²) in [7, 11) is 0. The Hall–Kier alpha value is -5.21. The first-order valence-corrected chi connectivity index (χ1v) is 13.7. The van der Waals surface area contributed by atoms with Crippen molar-refractivity contribution >= 4 is 43.4 Å². The Bertz CT molecular complexity index is 2220. The standard InChI is InChI=1S/C38H26N2/c1-25-21-27-16-17-28(22-30(27)24-34(25)32-13-8-10-26-9-2-3-11-31(26)32)29-18-19-37-35(23-29)33-12-4-5-14-36(33)40(37)38-15-6-7-20-39-38/h2-24H,1H3. The lowest BCUT2D eigenvalue weighted by Crippen LogP contribution is -1.96. The monoisotopic (exact) mass is 510 g/mol. The topological polar surface area (TPSA) is 17.8 Å². The van der Waals surface area contributed by atoms with E-state index in [-0.39, 0.29) is 0 Å². The fourth-order valence-corrected chi connectivity index (χ4v) is 6.23. The number of para-hydroxylation sites is 1. The van der Waals surface area contributed by atoms with Gasteiger partial charge in [-0.1, -0.05) is 91.0 Å². The largest absolute Gasteiger partial charge is 0.294 e. The first-order chi connectivity index (χ1) is 19.7. The quantitative estimate of drug-likeness (QED) is 0.231. The highest BCUT2D eigenvalue weighted by atomic mass is 15.1. The molecular weight excluding hydrogens is 484 g/mol. The molecule has 0 N–H and O–H groups in total. The number of benzene rings is 6. The van der Waals surface area contributed by atoms with Crippen LogP contribution in [0.3, 0.4) is 0 Å². The lowest BCUT2D eigenvalue weighted by atomic mass is 9.91. The molecule has 2 nitrogen and oxygen atoms in total. The average Bonchev–Trinajstić information content (AvgIpc) is 3.34. The zero-order chi connectivity index (χ0) is 26.6. The van der Waals surface area contributed by atoms with Crippen molar-refractivity contribution in [3.63, 3.8) is 0 Å². The van der Waals surface area contributed by atoms with Gasteiger partial charge in [-0.05, 0) is 98.8 Å². The summed E-state index contributed by atoms with van der Waals surface area (Å²) in [4.78, 5) is 4.66. The number of fused-ring (bicyclic) bond motifs is 5. The normalized spacial score (nSPS) is 11.6. The molecule has 8 aromatic rings. The highest BCUT2D eigenvalue weighted by molar-refractivity contribution is 6.10. The molecule has 0 fully saturated rings. The second-order valence-corrected chi connectivity index (χ2v) is 10.5. The number of pyridine rings is 1. The molecule has 0 radical (unpaired) electrons. The Kier molecular flexibility index (Phi) is 5.08. The van der Waals surface area contributed by atoms with Crippen LogP contribution in [0.1, 0.15) is 5.56 Å². The molecule has 0 atom stereocenters. The molecule has 40 heavy (non-hydrogen) atoms. The molecule has 2 heteroatoms. The number of aryl methyl sites for hydroxylation is 1. The zero-order valence-corrected chi connectivity index (χ0v) is 22.2. The van der Waals surface area contributed by atoms with Crippen LogP contribution in [0.5, 0.6) is 0 Å². The summed E-state index contributed by atoms with van der Waals surface area (Å²) in [5.41, 5.74) is 8.63. The van der Waals surface area contributed by atoms with E-state index in [1.54, 1.807) is 0 Å². The molecule has 0 aliphatic heterocycles. The molecule has 2 aromatic heterocycles. The van der Waals surface area contributed by atoms with Crippen molar-refractivity contribution in [1.29, 1.82) is 0 Å². The summed E-state index contributed by atoms with van der Waals surface area (Å²) in [5.74, 6) is 0.934. The van der Waals surface area contributed by atoms with Gasteiger partial charge in [0.05, 0.1) is 11.0 Å². The Morgan fingerprint density at radius 1 is 0.475 bits per heavy atom. The van der Waals surface area contributed by atoms with E-state index in [2.05, 4.69) is 138 Å². The van der Waals surface area contributed by atoms with Crippen molar-refractivity contribution in [2.75, 3.05) is 0 Å². The van der Waals surface area contributed by atoms with Crippen LogP contribution in [0.2, 0.25) is 0 Å². The van der Waals surface area contributed by atoms with E-state index in [9.17, 15) is 0 Å². The molecule has 0 unspecified atom stereocenters. The van der Waals surface area contributed by atoms with Crippen molar-refractivity contribution in [1.82, 2.24) is 9.55 Å². The van der Waals surface area contributed by atoms with Crippen molar-refractivity contribution in [2.24, 2.45) is 0 Å². The lowest BCUT2D eigenvalue weighted by Gasteiger charge is -2.13. The summed E-state index contributed by atoms with van der Waals surface area (Å²) < 4.78 is 2.26. The van der Waals surface area contributed by atoms with Crippen molar-refractivity contribution < 1.29 is 0 Å². The third-order valence-corrected chi connectivity index (χ3v) is 8.15. The van der Waals surface area contributed by atoms with Crippen LogP contribution < -0.4 is 0 Å². The van der Waals surface area contributed by atoms with Crippen molar-refractivity contribution in [3.05, 3.63) is 145 Å². The number of aromatic nitrogens is 2. The predicted molar refractivity (Wildman–Crippen MR) is 169 cm³/mol. The summed E-state index contributed by atoms with van der Waals surface area (Å²) >= 11 is 0. The third kappa shape index (κ3) is 3.54. The number of hydrogen-bond acceptors (Lipinski definition) is 1. The molecule has 0 amide bonds. The van der Waals surface area contributed by atoms with E-state index in [1.165, 1.54) is 71.2 Å². The smallest absolute Gasteiger partial charge is 0.137 e. The van der Waals surface area contributed by atoms with Crippen LogP contribution in [-0.2, 0) is 0 Å². The Balaban J connectivity index is 1.30. The maximum absolute atomic E-state index is 4.66. The SMILES string of the molecule is Cc1cc2ccc(-c3ccc4c(c3)c3ccccc3n4-c3ccccn3)cc2cc1-c1cccc2ccccc12. The molecule has 0 spiro atoms. The van der Waals surface area contributed by atoms with Gasteiger partial charge in [-0.15, -0.1) is 0 Å². The fraction of sp³-hybridized carbons (Fsp3) is 0.0263. The predicted octanol–water partition coefficient (Wildman–Crippen LogP) is 10.1. The maximum atomic E-state index is 4.66. The van der Waals surface area contributed by atoms with E-state index >= 15 is 0 Å². The van der Waals surface area contributed by atoms with Gasteiger partial charge in [-0.2, -0.15) is 0 Å². The average molecular weight is 511 g/mol. The zero-order valence-electron chi connectivity index (χ0n) is 22.2. The number of hydrogen-bond donors (Lipinski definition) is 0. The van der Waals surface area contributed by atoms with Gasteiger partial charge in [-0.3, -0.25) is 4.57 Å². The van der Waals surface area contributed by atoms with Crippen molar-refractivity contribution in [3.8, 4) is 28.1 Å². The molecular formula is C38H26N2. The summed E-state index contributed by atoms with van der Waals surface area (Å²) in [6.45, 7) is 2.22. The first kappa shape index (κ1) is 22.7. The highest BCUT2D eigenvalue weighted by Crippen LogP contribution is 2.37. The van der Waals surface area contributed by atoms with E-state index in [4.69, 9.17) is 0 Å². The van der Waals surface area contributed by atoms with E-state index in [0.29, 0.717) is 0 Å². The molecule has 0 saturated carbocycles. The maximum Gasteiger partial charge on any atom is 0.137 e. The summed E-state index contributed by atoms with van der Waals surface area (Å²) in [6.07, 6.45) is 1.85. The lowest BCUT2D eigenvalue weighted by molar-refractivity contribution is 1.08. The van der Waals surface area contributed by atoms with Crippen LogP contribution >= 0.6 is 0 Å². The molecule has 0 aliphatic carbocycles. The van der Waals surface area contributed by atoms with Gasteiger partial charge >= 0.3 is 0 Å². The Morgan fingerprint density at radius 3 is 2.12 bits per heavy atom. The minimum absolute atomic E-state index is 0.934. The number of nitrogens with zero attached hydrogens (tertiary/aromatic N) is 2. The molecule has 0 saturated heterocycles. The van der Waals surface area contributed by atoms with E-state index in [0.717, 1.165) is 5.82 Å². The molecule has 2 heterocycles. The Morgan fingerprint density at radius 2 is 1.23 bits per heavy atom. The molecule has 6 aromatic carbocycles. The molecule has 8 rings (SSSR count). The van der Waals surface area contributed by atoms with E-state index in [1.807, 2.05) is 18.3 Å². The van der Waals surface area contributed by atoms with Crippen LogP contribution in [-0.4, -0.2) is 9.55 Å². The minimum atomic E-state index is 0.934. The second kappa shape index (κ2) is 8.93. The van der Waals surface area contributed by atoms with Gasteiger partial charge in [0.1, 0.15) is 5.82 Å². The summed E-state index contributed by atoms with van der Waals surface area (Å²) in [5, 5.41) is 7.55. The summed E-state index contributed by atoms with van der Waals surface area (Å²) in [6, 6.07) is 48.2. The van der Waals surface area contributed by atoms with Crippen LogP contribution in [0, 0.1) is 6.92 Å². The van der Waals surface area contributed by atoms with Crippen LogP contribution in [0.15, 0.2) is 140 Å². The Labute approximate surface area is 232 Å². The van der Waals surface area contributed by atoms with Crippen LogP contribution in [0.25, 0.3) is 71.4 Å². The number of rotatable bonds is 3. The minimum Gasteiger partial charge on any atom is -0.294 e. The second-order valence-electron chi connectivity index (χ2n) is 10.5. The van der Waals surface area contributed by atoms with Gasteiger partial charge in [0.15, 0.2) is 0 Å².